The Balaban J connectivity index is 2.34. The molecule has 4 nitrogen and oxygen atoms in total. The van der Waals surface area contributed by atoms with Crippen LogP contribution < -0.4 is 0 Å². The summed E-state index contributed by atoms with van der Waals surface area (Å²) in [7, 11) is 0. The minimum absolute atomic E-state index is 0.126. The first-order chi connectivity index (χ1) is 17.4. The zero-order valence-corrected chi connectivity index (χ0v) is 23.8. The first-order valence-corrected chi connectivity index (χ1v) is 14.0. The van der Waals surface area contributed by atoms with Gasteiger partial charge in [0.2, 0.25) is 0 Å². The highest BCUT2D eigenvalue weighted by Crippen LogP contribution is 2.49. The number of aliphatic hydroxyl groups is 2. The lowest BCUT2D eigenvalue weighted by Gasteiger charge is -2.34. The van der Waals surface area contributed by atoms with E-state index in [0.717, 1.165) is 65.5 Å². The van der Waals surface area contributed by atoms with Crippen molar-refractivity contribution in [1.82, 2.24) is 0 Å². The summed E-state index contributed by atoms with van der Waals surface area (Å²) < 4.78 is 0. The smallest absolute Gasteiger partial charge is 0.123 e. The van der Waals surface area contributed by atoms with Crippen molar-refractivity contribution in [2.75, 3.05) is 13.2 Å². The number of aryl methyl sites for hydroxylation is 2. The molecule has 1 atom stereocenters. The lowest BCUT2D eigenvalue weighted by molar-refractivity contribution is 0.288. The van der Waals surface area contributed by atoms with Gasteiger partial charge in [0, 0.05) is 30.3 Å². The molecular weight excluding hydrogens is 460 g/mol. The molecule has 1 aliphatic rings. The van der Waals surface area contributed by atoms with E-state index in [1.165, 1.54) is 0 Å². The van der Waals surface area contributed by atoms with E-state index in [2.05, 4.69) is 78.0 Å². The fraction of sp³-hybridized carbons (Fsp3) is 0.576. The molecule has 4 heteroatoms. The Bertz CT molecular complexity index is 1010. The van der Waals surface area contributed by atoms with E-state index in [0.29, 0.717) is 24.3 Å². The quantitative estimate of drug-likeness (QED) is 0.274. The average molecular weight is 509 g/mol. The second kappa shape index (κ2) is 12.0. The SMILES string of the molecule is CC(C)(C)c1cc(CCCO)cc(C(c2cc(CCCO)cc(C(C)(C)C)c2O)C2CC=CCC2)c1O. The number of aliphatic hydroxyl groups excluding tert-OH is 2. The average Bonchev–Trinajstić information content (AvgIpc) is 2.83. The maximum absolute atomic E-state index is 11.8. The van der Waals surface area contributed by atoms with Gasteiger partial charge in [-0.15, -0.1) is 0 Å². The summed E-state index contributed by atoms with van der Waals surface area (Å²) in [5.74, 6) is 0.702. The highest BCUT2D eigenvalue weighted by Gasteiger charge is 2.34. The molecule has 204 valence electrons. The van der Waals surface area contributed by atoms with Gasteiger partial charge in [-0.2, -0.15) is 0 Å². The van der Waals surface area contributed by atoms with Crippen LogP contribution in [-0.4, -0.2) is 33.6 Å². The highest BCUT2D eigenvalue weighted by atomic mass is 16.3. The van der Waals surface area contributed by atoms with Crippen molar-refractivity contribution in [3.05, 3.63) is 69.8 Å². The molecule has 0 fully saturated rings. The van der Waals surface area contributed by atoms with Gasteiger partial charge in [0.15, 0.2) is 0 Å². The predicted molar refractivity (Wildman–Crippen MR) is 153 cm³/mol. The number of hydrogen-bond donors (Lipinski definition) is 4. The molecule has 0 radical (unpaired) electrons. The first kappa shape index (κ1) is 29.3. The van der Waals surface area contributed by atoms with Gasteiger partial charge >= 0.3 is 0 Å². The number of phenols is 2. The molecule has 1 aliphatic carbocycles. The third-order valence-electron chi connectivity index (χ3n) is 7.71. The van der Waals surface area contributed by atoms with Crippen LogP contribution in [0.25, 0.3) is 0 Å². The van der Waals surface area contributed by atoms with Gasteiger partial charge in [-0.1, -0.05) is 78.0 Å². The van der Waals surface area contributed by atoms with Crippen molar-refractivity contribution in [3.63, 3.8) is 0 Å². The Morgan fingerprint density at radius 2 is 1.19 bits per heavy atom. The van der Waals surface area contributed by atoms with Gasteiger partial charge in [-0.25, -0.2) is 0 Å². The minimum atomic E-state index is -0.257. The third kappa shape index (κ3) is 6.97. The Morgan fingerprint density at radius 1 is 0.730 bits per heavy atom. The number of rotatable bonds is 9. The second-order valence-corrected chi connectivity index (χ2v) is 12.8. The lowest BCUT2D eigenvalue weighted by Crippen LogP contribution is -2.21. The van der Waals surface area contributed by atoms with Crippen LogP contribution in [0.1, 0.15) is 113 Å². The second-order valence-electron chi connectivity index (χ2n) is 12.8. The molecule has 0 aromatic heterocycles. The number of benzene rings is 2. The van der Waals surface area contributed by atoms with E-state index < -0.39 is 0 Å². The maximum Gasteiger partial charge on any atom is 0.123 e. The van der Waals surface area contributed by atoms with E-state index >= 15 is 0 Å². The molecular formula is C33H48O4. The maximum atomic E-state index is 11.8. The van der Waals surface area contributed by atoms with Crippen LogP contribution in [0.3, 0.4) is 0 Å². The molecule has 4 N–H and O–H groups in total. The lowest BCUT2D eigenvalue weighted by atomic mass is 9.71. The fourth-order valence-corrected chi connectivity index (χ4v) is 5.71. The van der Waals surface area contributed by atoms with Gasteiger partial charge in [0.25, 0.3) is 0 Å². The van der Waals surface area contributed by atoms with E-state index in [1.54, 1.807) is 0 Å². The van der Waals surface area contributed by atoms with Gasteiger partial charge in [0.05, 0.1) is 0 Å². The van der Waals surface area contributed by atoms with Crippen molar-refractivity contribution in [3.8, 4) is 11.5 Å². The van der Waals surface area contributed by atoms with E-state index in [-0.39, 0.29) is 35.9 Å². The molecule has 3 rings (SSSR count). The van der Waals surface area contributed by atoms with Crippen molar-refractivity contribution < 1.29 is 20.4 Å². The molecule has 0 spiro atoms. The molecule has 0 aliphatic heterocycles. The fourth-order valence-electron chi connectivity index (χ4n) is 5.71. The van der Waals surface area contributed by atoms with Gasteiger partial charge in [-0.3, -0.25) is 0 Å². The van der Waals surface area contributed by atoms with Crippen molar-refractivity contribution >= 4 is 0 Å². The molecule has 2 aromatic carbocycles. The number of aromatic hydroxyl groups is 2. The van der Waals surface area contributed by atoms with Crippen LogP contribution in [0, 0.1) is 5.92 Å². The van der Waals surface area contributed by atoms with Crippen LogP contribution in [0.5, 0.6) is 11.5 Å². The van der Waals surface area contributed by atoms with Crippen molar-refractivity contribution in [2.24, 2.45) is 5.92 Å². The molecule has 1 unspecified atom stereocenters. The zero-order chi connectivity index (χ0) is 27.4. The van der Waals surface area contributed by atoms with E-state index in [4.69, 9.17) is 0 Å². The minimum Gasteiger partial charge on any atom is -0.507 e. The van der Waals surface area contributed by atoms with Crippen LogP contribution in [0.2, 0.25) is 0 Å². The Hall–Kier alpha value is -2.30. The topological polar surface area (TPSA) is 80.9 Å². The molecule has 37 heavy (non-hydrogen) atoms. The summed E-state index contributed by atoms with van der Waals surface area (Å²) >= 11 is 0. The Labute approximate surface area is 224 Å². The molecule has 0 heterocycles. The summed E-state index contributed by atoms with van der Waals surface area (Å²) in [4.78, 5) is 0. The van der Waals surface area contributed by atoms with Crippen LogP contribution in [0.4, 0.5) is 0 Å². The number of phenolic OH excluding ortho intramolecular Hbond substituents is 2. The summed E-state index contributed by atoms with van der Waals surface area (Å²) in [6, 6.07) is 8.40. The largest absolute Gasteiger partial charge is 0.507 e. The number of allylic oxidation sites excluding steroid dienone is 2. The summed E-state index contributed by atoms with van der Waals surface area (Å²) in [6.07, 6.45) is 10.1. The van der Waals surface area contributed by atoms with E-state index in [1.807, 2.05) is 0 Å². The van der Waals surface area contributed by atoms with E-state index in [9.17, 15) is 20.4 Å². The van der Waals surface area contributed by atoms with Crippen LogP contribution in [0.15, 0.2) is 36.4 Å². The third-order valence-corrected chi connectivity index (χ3v) is 7.71. The standard InChI is InChI=1S/C33H48O4/c1-32(2,3)27-20-22(12-10-16-34)18-25(30(27)36)29(24-14-8-7-9-15-24)26-19-23(13-11-17-35)21-28(31(26)37)33(4,5)6/h7-8,18-21,24,29,34-37H,9-17H2,1-6H3. The summed E-state index contributed by atoms with van der Waals surface area (Å²) in [6.45, 7) is 12.9. The monoisotopic (exact) mass is 508 g/mol. The van der Waals surface area contributed by atoms with Gasteiger partial charge < -0.3 is 20.4 Å². The summed E-state index contributed by atoms with van der Waals surface area (Å²) in [5.41, 5.74) is 5.25. The first-order valence-electron chi connectivity index (χ1n) is 14.0. The molecule has 2 aromatic rings. The zero-order valence-electron chi connectivity index (χ0n) is 23.8. The molecule has 0 saturated carbocycles. The van der Waals surface area contributed by atoms with Gasteiger partial charge in [-0.05, 0) is 83.9 Å². The molecule has 0 amide bonds. The Morgan fingerprint density at radius 3 is 1.54 bits per heavy atom. The van der Waals surface area contributed by atoms with Crippen LogP contribution >= 0.6 is 0 Å². The summed E-state index contributed by atoms with van der Waals surface area (Å²) in [5, 5.41) is 42.6. The van der Waals surface area contributed by atoms with Crippen LogP contribution in [-0.2, 0) is 23.7 Å². The van der Waals surface area contributed by atoms with Crippen molar-refractivity contribution in [1.29, 1.82) is 0 Å². The molecule has 0 bridgehead atoms. The Kier molecular flexibility index (Phi) is 9.52. The highest BCUT2D eigenvalue weighted by molar-refractivity contribution is 5.57. The van der Waals surface area contributed by atoms with Crippen molar-refractivity contribution in [2.45, 2.75) is 103 Å². The number of hydrogen-bond acceptors (Lipinski definition) is 4. The van der Waals surface area contributed by atoms with Gasteiger partial charge in [0.1, 0.15) is 11.5 Å². The molecule has 0 saturated heterocycles. The predicted octanol–water partition coefficient (Wildman–Crippen LogP) is 7.03. The normalized spacial score (nSPS) is 16.5.